The Hall–Kier alpha value is -1.62. The van der Waals surface area contributed by atoms with Crippen molar-refractivity contribution in [1.82, 2.24) is 9.78 Å². The zero-order valence-corrected chi connectivity index (χ0v) is 12.4. The van der Waals surface area contributed by atoms with E-state index in [0.29, 0.717) is 13.0 Å². The lowest BCUT2D eigenvalue weighted by atomic mass is 10.2. The molecule has 19 heavy (non-hydrogen) atoms. The number of carbonyl (C=O) groups is 1. The molecule has 100 valence electrons. The number of rotatable bonds is 5. The lowest BCUT2D eigenvalue weighted by molar-refractivity contribution is -0.116. The molecule has 0 unspecified atom stereocenters. The molecule has 0 radical (unpaired) electrons. The standard InChI is InChI=1S/C14H16BrN3O/c1-2-3-14(19)17-13-8-16-18(10-13)9-11-4-6-12(15)7-5-11/h4-8,10H,2-3,9H2,1H3,(H,17,19). The van der Waals surface area contributed by atoms with Gasteiger partial charge in [0.15, 0.2) is 0 Å². The van der Waals surface area contributed by atoms with Gasteiger partial charge in [0.25, 0.3) is 0 Å². The summed E-state index contributed by atoms with van der Waals surface area (Å²) in [5.74, 6) is 0.0330. The highest BCUT2D eigenvalue weighted by Crippen LogP contribution is 2.12. The second-order valence-electron chi connectivity index (χ2n) is 4.35. The summed E-state index contributed by atoms with van der Waals surface area (Å²) in [6, 6.07) is 8.09. The van der Waals surface area contributed by atoms with E-state index in [1.807, 2.05) is 42.1 Å². The molecule has 2 aromatic rings. The number of nitrogens with zero attached hydrogens (tertiary/aromatic N) is 2. The molecule has 0 atom stereocenters. The molecule has 0 saturated heterocycles. The second-order valence-corrected chi connectivity index (χ2v) is 5.27. The summed E-state index contributed by atoms with van der Waals surface area (Å²) in [6.45, 7) is 2.67. The summed E-state index contributed by atoms with van der Waals surface area (Å²) in [5, 5.41) is 7.07. The lowest BCUT2D eigenvalue weighted by Crippen LogP contribution is -2.09. The molecule has 0 aliphatic rings. The fourth-order valence-corrected chi connectivity index (χ4v) is 2.01. The van der Waals surface area contributed by atoms with Crippen LogP contribution in [-0.2, 0) is 11.3 Å². The Morgan fingerprint density at radius 2 is 2.11 bits per heavy atom. The van der Waals surface area contributed by atoms with Crippen LogP contribution in [0.15, 0.2) is 41.1 Å². The van der Waals surface area contributed by atoms with Gasteiger partial charge in [-0.15, -0.1) is 0 Å². The number of aromatic nitrogens is 2. The van der Waals surface area contributed by atoms with Gasteiger partial charge >= 0.3 is 0 Å². The Bertz CT molecular complexity index is 548. The molecule has 1 aromatic heterocycles. The fourth-order valence-electron chi connectivity index (χ4n) is 1.74. The topological polar surface area (TPSA) is 46.9 Å². The van der Waals surface area contributed by atoms with Gasteiger partial charge in [0, 0.05) is 17.1 Å². The summed E-state index contributed by atoms with van der Waals surface area (Å²) in [6.07, 6.45) is 4.90. The summed E-state index contributed by atoms with van der Waals surface area (Å²) < 4.78 is 2.87. The Morgan fingerprint density at radius 3 is 2.79 bits per heavy atom. The van der Waals surface area contributed by atoms with E-state index in [-0.39, 0.29) is 5.91 Å². The van der Waals surface area contributed by atoms with Crippen molar-refractivity contribution in [3.05, 3.63) is 46.7 Å². The van der Waals surface area contributed by atoms with Gasteiger partial charge in [-0.1, -0.05) is 35.0 Å². The molecule has 0 bridgehead atoms. The average Bonchev–Trinajstić information content (AvgIpc) is 2.80. The van der Waals surface area contributed by atoms with Crippen LogP contribution in [0.1, 0.15) is 25.3 Å². The summed E-state index contributed by atoms with van der Waals surface area (Å²) >= 11 is 3.41. The Kier molecular flexibility index (Phi) is 4.74. The third-order valence-corrected chi connectivity index (χ3v) is 3.18. The van der Waals surface area contributed by atoms with E-state index in [0.717, 1.165) is 22.1 Å². The minimum Gasteiger partial charge on any atom is -0.323 e. The highest BCUT2D eigenvalue weighted by Gasteiger charge is 2.03. The normalized spacial score (nSPS) is 10.4. The second kappa shape index (κ2) is 6.52. The summed E-state index contributed by atoms with van der Waals surface area (Å²) in [4.78, 5) is 11.5. The van der Waals surface area contributed by atoms with Crippen LogP contribution in [0.2, 0.25) is 0 Å². The molecule has 0 aliphatic heterocycles. The first kappa shape index (κ1) is 13.8. The molecule has 0 saturated carbocycles. The molecule has 1 aromatic carbocycles. The maximum absolute atomic E-state index is 11.5. The highest BCUT2D eigenvalue weighted by molar-refractivity contribution is 9.10. The largest absolute Gasteiger partial charge is 0.323 e. The Balaban J connectivity index is 1.97. The molecular formula is C14H16BrN3O. The minimum absolute atomic E-state index is 0.0330. The van der Waals surface area contributed by atoms with Crippen LogP contribution >= 0.6 is 15.9 Å². The number of hydrogen-bond acceptors (Lipinski definition) is 2. The average molecular weight is 322 g/mol. The van der Waals surface area contributed by atoms with Gasteiger partial charge in [-0.05, 0) is 24.1 Å². The molecule has 5 heteroatoms. The van der Waals surface area contributed by atoms with Crippen molar-refractivity contribution < 1.29 is 4.79 Å². The maximum atomic E-state index is 11.5. The first-order chi connectivity index (χ1) is 9.17. The minimum atomic E-state index is 0.0330. The Morgan fingerprint density at radius 1 is 1.37 bits per heavy atom. The van der Waals surface area contributed by atoms with Gasteiger partial charge < -0.3 is 5.32 Å². The number of amides is 1. The molecule has 0 aliphatic carbocycles. The van der Waals surface area contributed by atoms with E-state index in [2.05, 4.69) is 26.3 Å². The van der Waals surface area contributed by atoms with Gasteiger partial charge in [-0.25, -0.2) is 0 Å². The van der Waals surface area contributed by atoms with Gasteiger partial charge in [0.2, 0.25) is 5.91 Å². The van der Waals surface area contributed by atoms with Gasteiger partial charge in [0.1, 0.15) is 0 Å². The van der Waals surface area contributed by atoms with Crippen LogP contribution in [0, 0.1) is 0 Å². The molecule has 4 nitrogen and oxygen atoms in total. The van der Waals surface area contributed by atoms with Crippen LogP contribution in [0.3, 0.4) is 0 Å². The Labute approximate surface area is 120 Å². The van der Waals surface area contributed by atoms with Crippen LogP contribution in [0.5, 0.6) is 0 Å². The first-order valence-electron chi connectivity index (χ1n) is 6.24. The fraction of sp³-hybridized carbons (Fsp3) is 0.286. The SMILES string of the molecule is CCCC(=O)Nc1cnn(Cc2ccc(Br)cc2)c1. The van der Waals surface area contributed by atoms with Gasteiger partial charge in [-0.2, -0.15) is 5.10 Å². The monoisotopic (exact) mass is 321 g/mol. The highest BCUT2D eigenvalue weighted by atomic mass is 79.9. The number of hydrogen-bond donors (Lipinski definition) is 1. The molecule has 1 heterocycles. The molecule has 1 N–H and O–H groups in total. The molecule has 2 rings (SSSR count). The zero-order valence-electron chi connectivity index (χ0n) is 10.8. The third-order valence-electron chi connectivity index (χ3n) is 2.65. The number of nitrogens with one attached hydrogen (secondary N) is 1. The quantitative estimate of drug-likeness (QED) is 0.917. The van der Waals surface area contributed by atoms with Crippen LogP contribution in [0.4, 0.5) is 5.69 Å². The third kappa shape index (κ3) is 4.21. The van der Waals surface area contributed by atoms with Crippen molar-refractivity contribution in [2.75, 3.05) is 5.32 Å². The predicted molar refractivity (Wildman–Crippen MR) is 79.0 cm³/mol. The first-order valence-corrected chi connectivity index (χ1v) is 7.03. The lowest BCUT2D eigenvalue weighted by Gasteiger charge is -2.02. The number of benzene rings is 1. The number of carbonyl (C=O) groups excluding carboxylic acids is 1. The van der Waals surface area contributed by atoms with Gasteiger partial charge in [0.05, 0.1) is 18.4 Å². The number of anilines is 1. The smallest absolute Gasteiger partial charge is 0.224 e. The van der Waals surface area contributed by atoms with E-state index in [1.165, 1.54) is 0 Å². The molecule has 1 amide bonds. The molecule has 0 fully saturated rings. The molecule has 0 spiro atoms. The zero-order chi connectivity index (χ0) is 13.7. The van der Waals surface area contributed by atoms with E-state index in [1.54, 1.807) is 6.20 Å². The van der Waals surface area contributed by atoms with Crippen molar-refractivity contribution in [3.8, 4) is 0 Å². The van der Waals surface area contributed by atoms with Crippen molar-refractivity contribution in [2.24, 2.45) is 0 Å². The summed E-state index contributed by atoms with van der Waals surface area (Å²) in [5.41, 5.74) is 1.91. The predicted octanol–water partition coefficient (Wildman–Crippen LogP) is 3.43. The maximum Gasteiger partial charge on any atom is 0.224 e. The van der Waals surface area contributed by atoms with E-state index < -0.39 is 0 Å². The summed E-state index contributed by atoms with van der Waals surface area (Å²) in [7, 11) is 0. The van der Waals surface area contributed by atoms with E-state index in [4.69, 9.17) is 0 Å². The van der Waals surface area contributed by atoms with Crippen LogP contribution in [-0.4, -0.2) is 15.7 Å². The van der Waals surface area contributed by atoms with Crippen LogP contribution < -0.4 is 5.32 Å². The van der Waals surface area contributed by atoms with Gasteiger partial charge in [-0.3, -0.25) is 9.48 Å². The van der Waals surface area contributed by atoms with Crippen molar-refractivity contribution >= 4 is 27.5 Å². The van der Waals surface area contributed by atoms with Crippen LogP contribution in [0.25, 0.3) is 0 Å². The van der Waals surface area contributed by atoms with E-state index >= 15 is 0 Å². The van der Waals surface area contributed by atoms with Crippen molar-refractivity contribution in [2.45, 2.75) is 26.3 Å². The van der Waals surface area contributed by atoms with Crippen molar-refractivity contribution in [3.63, 3.8) is 0 Å². The van der Waals surface area contributed by atoms with E-state index in [9.17, 15) is 4.79 Å². The molecular weight excluding hydrogens is 306 g/mol. The van der Waals surface area contributed by atoms with Crippen molar-refractivity contribution in [1.29, 1.82) is 0 Å². The number of halogens is 1.